The van der Waals surface area contributed by atoms with E-state index in [2.05, 4.69) is 56.6 Å². The van der Waals surface area contributed by atoms with Crippen molar-refractivity contribution in [1.82, 2.24) is 20.4 Å². The average Bonchev–Trinajstić information content (AvgIpc) is 2.78. The minimum absolute atomic E-state index is 0. The number of ether oxygens (including phenoxy) is 1. The van der Waals surface area contributed by atoms with Crippen LogP contribution in [0.1, 0.15) is 43.7 Å². The standard InChI is InChI=1S/C23H39N5O.HI/c1-3-22-10-6-7-12-28(22)13-11-25-23(24-2)26-18-20-8-4-5-9-21(20)19-27-14-16-29-17-15-27;/h4-5,8-9,22H,3,6-7,10-19H2,1-2H3,(H2,24,25,26);1H. The molecule has 1 unspecified atom stereocenters. The molecule has 0 aromatic heterocycles. The number of nitrogens with one attached hydrogen (secondary N) is 2. The van der Waals surface area contributed by atoms with Crippen LogP contribution in [0.2, 0.25) is 0 Å². The summed E-state index contributed by atoms with van der Waals surface area (Å²) in [4.78, 5) is 9.53. The lowest BCUT2D eigenvalue weighted by molar-refractivity contribution is 0.0341. The first-order valence-corrected chi connectivity index (χ1v) is 11.4. The van der Waals surface area contributed by atoms with E-state index in [1.54, 1.807) is 0 Å². The van der Waals surface area contributed by atoms with Gasteiger partial charge >= 0.3 is 0 Å². The molecule has 2 N–H and O–H groups in total. The second-order valence-corrected chi connectivity index (χ2v) is 8.10. The van der Waals surface area contributed by atoms with Crippen LogP contribution >= 0.6 is 24.0 Å². The molecule has 0 bridgehead atoms. The van der Waals surface area contributed by atoms with Gasteiger partial charge < -0.3 is 15.4 Å². The van der Waals surface area contributed by atoms with Gasteiger partial charge in [-0.1, -0.05) is 37.6 Å². The Morgan fingerprint density at radius 3 is 2.60 bits per heavy atom. The molecule has 1 aromatic carbocycles. The van der Waals surface area contributed by atoms with Gasteiger partial charge in [-0.2, -0.15) is 0 Å². The van der Waals surface area contributed by atoms with Gasteiger partial charge in [0.25, 0.3) is 0 Å². The highest BCUT2D eigenvalue weighted by Crippen LogP contribution is 2.18. The summed E-state index contributed by atoms with van der Waals surface area (Å²) in [6.07, 6.45) is 5.33. The largest absolute Gasteiger partial charge is 0.379 e. The van der Waals surface area contributed by atoms with E-state index < -0.39 is 0 Å². The van der Waals surface area contributed by atoms with Crippen LogP contribution in [-0.4, -0.2) is 74.8 Å². The second kappa shape index (κ2) is 14.2. The Kier molecular flexibility index (Phi) is 12.0. The van der Waals surface area contributed by atoms with Crippen LogP contribution in [0.3, 0.4) is 0 Å². The molecule has 0 saturated carbocycles. The Labute approximate surface area is 199 Å². The van der Waals surface area contributed by atoms with Crippen molar-refractivity contribution in [3.63, 3.8) is 0 Å². The molecule has 1 aromatic rings. The second-order valence-electron chi connectivity index (χ2n) is 8.10. The zero-order valence-electron chi connectivity index (χ0n) is 18.7. The van der Waals surface area contributed by atoms with Gasteiger partial charge in [-0.15, -0.1) is 24.0 Å². The minimum atomic E-state index is 0. The lowest BCUT2D eigenvalue weighted by Gasteiger charge is -2.35. The molecular weight excluding hydrogens is 489 g/mol. The van der Waals surface area contributed by atoms with E-state index in [1.165, 1.54) is 43.4 Å². The molecule has 2 aliphatic rings. The van der Waals surface area contributed by atoms with E-state index >= 15 is 0 Å². The molecule has 2 fully saturated rings. The number of likely N-dealkylation sites (tertiary alicyclic amines) is 1. The Morgan fingerprint density at radius 2 is 1.87 bits per heavy atom. The van der Waals surface area contributed by atoms with Crippen LogP contribution in [0.4, 0.5) is 0 Å². The van der Waals surface area contributed by atoms with Gasteiger partial charge in [-0.05, 0) is 36.9 Å². The third-order valence-electron chi connectivity index (χ3n) is 6.20. The summed E-state index contributed by atoms with van der Waals surface area (Å²) in [6.45, 7) is 11.1. The van der Waals surface area contributed by atoms with E-state index in [0.717, 1.165) is 64.5 Å². The van der Waals surface area contributed by atoms with E-state index in [1.807, 2.05) is 7.05 Å². The number of piperidine rings is 1. The van der Waals surface area contributed by atoms with E-state index in [9.17, 15) is 0 Å². The summed E-state index contributed by atoms with van der Waals surface area (Å²) < 4.78 is 5.47. The Hall–Kier alpha value is -0.900. The third-order valence-corrected chi connectivity index (χ3v) is 6.20. The van der Waals surface area contributed by atoms with Crippen molar-refractivity contribution in [3.8, 4) is 0 Å². The molecule has 2 heterocycles. The molecule has 0 amide bonds. The van der Waals surface area contributed by atoms with Crippen LogP contribution in [0.5, 0.6) is 0 Å². The van der Waals surface area contributed by atoms with Gasteiger partial charge in [0.2, 0.25) is 0 Å². The summed E-state index contributed by atoms with van der Waals surface area (Å²) in [5, 5.41) is 7.01. The molecule has 30 heavy (non-hydrogen) atoms. The lowest BCUT2D eigenvalue weighted by atomic mass is 10.0. The summed E-state index contributed by atoms with van der Waals surface area (Å²) in [5.41, 5.74) is 2.72. The van der Waals surface area contributed by atoms with E-state index in [4.69, 9.17) is 4.74 Å². The molecule has 6 nitrogen and oxygen atoms in total. The van der Waals surface area contributed by atoms with Crippen molar-refractivity contribution < 1.29 is 4.74 Å². The monoisotopic (exact) mass is 529 g/mol. The molecule has 170 valence electrons. The number of rotatable bonds is 8. The molecule has 2 aliphatic heterocycles. The third kappa shape index (κ3) is 7.98. The number of morpholine rings is 1. The summed E-state index contributed by atoms with van der Waals surface area (Å²) in [5.74, 6) is 0.885. The van der Waals surface area contributed by atoms with Crippen LogP contribution in [-0.2, 0) is 17.8 Å². The maximum atomic E-state index is 5.47. The van der Waals surface area contributed by atoms with E-state index in [0.29, 0.717) is 0 Å². The smallest absolute Gasteiger partial charge is 0.191 e. The van der Waals surface area contributed by atoms with Gasteiger partial charge in [0.1, 0.15) is 0 Å². The van der Waals surface area contributed by atoms with Crippen molar-refractivity contribution in [1.29, 1.82) is 0 Å². The lowest BCUT2D eigenvalue weighted by Crippen LogP contribution is -2.45. The maximum Gasteiger partial charge on any atom is 0.191 e. The van der Waals surface area contributed by atoms with Crippen molar-refractivity contribution in [2.75, 3.05) is 53.0 Å². The SMILES string of the molecule is CCC1CCCCN1CCNC(=NC)NCc1ccccc1CN1CCOCC1.I. The summed E-state index contributed by atoms with van der Waals surface area (Å²) in [7, 11) is 1.85. The first kappa shape index (κ1) is 25.4. The van der Waals surface area contributed by atoms with Crippen molar-refractivity contribution in [2.24, 2.45) is 4.99 Å². The molecule has 7 heteroatoms. The van der Waals surface area contributed by atoms with Crippen LogP contribution in [0.25, 0.3) is 0 Å². The number of aliphatic imine (C=N–C) groups is 1. The fourth-order valence-electron chi connectivity index (χ4n) is 4.42. The Balaban J connectivity index is 0.00000320. The van der Waals surface area contributed by atoms with Gasteiger partial charge in [-0.3, -0.25) is 14.8 Å². The molecule has 0 spiro atoms. The predicted molar refractivity (Wildman–Crippen MR) is 136 cm³/mol. The number of guanidine groups is 1. The molecule has 3 rings (SSSR count). The van der Waals surface area contributed by atoms with Gasteiger partial charge in [0.15, 0.2) is 5.96 Å². The normalized spacial score (nSPS) is 21.1. The molecule has 1 atom stereocenters. The van der Waals surface area contributed by atoms with Crippen LogP contribution in [0.15, 0.2) is 29.3 Å². The van der Waals surface area contributed by atoms with Gasteiger partial charge in [-0.25, -0.2) is 0 Å². The summed E-state index contributed by atoms with van der Waals surface area (Å²) in [6, 6.07) is 9.47. The fraction of sp³-hybridized carbons (Fsp3) is 0.696. The number of hydrogen-bond donors (Lipinski definition) is 2. The molecule has 2 saturated heterocycles. The maximum absolute atomic E-state index is 5.47. The average molecular weight is 530 g/mol. The summed E-state index contributed by atoms with van der Waals surface area (Å²) >= 11 is 0. The topological polar surface area (TPSA) is 52.1 Å². The molecular formula is C23H40IN5O. The van der Waals surface area contributed by atoms with Crippen LogP contribution in [0, 0.1) is 0 Å². The molecule has 0 aliphatic carbocycles. The van der Waals surface area contributed by atoms with Gasteiger partial charge in [0.05, 0.1) is 13.2 Å². The fourth-order valence-corrected chi connectivity index (χ4v) is 4.42. The van der Waals surface area contributed by atoms with Crippen molar-refractivity contribution in [3.05, 3.63) is 35.4 Å². The number of benzene rings is 1. The number of halogens is 1. The highest BCUT2D eigenvalue weighted by atomic mass is 127. The highest BCUT2D eigenvalue weighted by molar-refractivity contribution is 14.0. The van der Waals surface area contributed by atoms with Crippen molar-refractivity contribution in [2.45, 2.75) is 51.7 Å². The minimum Gasteiger partial charge on any atom is -0.379 e. The van der Waals surface area contributed by atoms with Crippen molar-refractivity contribution >= 4 is 29.9 Å². The number of nitrogens with zero attached hydrogens (tertiary/aromatic N) is 3. The van der Waals surface area contributed by atoms with Gasteiger partial charge in [0, 0.05) is 52.4 Å². The Bertz CT molecular complexity index is 636. The Morgan fingerprint density at radius 1 is 1.10 bits per heavy atom. The quantitative estimate of drug-likeness (QED) is 0.308. The van der Waals surface area contributed by atoms with E-state index in [-0.39, 0.29) is 24.0 Å². The first-order chi connectivity index (χ1) is 14.3. The first-order valence-electron chi connectivity index (χ1n) is 11.4. The zero-order chi connectivity index (χ0) is 20.3. The highest BCUT2D eigenvalue weighted by Gasteiger charge is 2.20. The predicted octanol–water partition coefficient (Wildman–Crippen LogP) is 3.07. The molecule has 0 radical (unpaired) electrons. The zero-order valence-corrected chi connectivity index (χ0v) is 21.1. The number of hydrogen-bond acceptors (Lipinski definition) is 4. The van der Waals surface area contributed by atoms with Crippen LogP contribution < -0.4 is 10.6 Å².